The van der Waals surface area contributed by atoms with Gasteiger partial charge in [-0.15, -0.1) is 0 Å². The second-order valence-corrected chi connectivity index (χ2v) is 5.79. The van der Waals surface area contributed by atoms with Crippen LogP contribution >= 0.6 is 0 Å². The van der Waals surface area contributed by atoms with Gasteiger partial charge in [0.05, 0.1) is 18.8 Å². The lowest BCUT2D eigenvalue weighted by Gasteiger charge is -2.41. The van der Waals surface area contributed by atoms with Crippen LogP contribution in [0.25, 0.3) is 0 Å². The van der Waals surface area contributed by atoms with Crippen LogP contribution in [0.4, 0.5) is 0 Å². The van der Waals surface area contributed by atoms with E-state index in [9.17, 15) is 4.79 Å². The molecule has 1 saturated carbocycles. The fraction of sp³-hybridized carbons (Fsp3) is 0.929. The molecule has 4 heteroatoms. The molecule has 0 spiro atoms. The Kier molecular flexibility index (Phi) is 4.28. The molecule has 2 unspecified atom stereocenters. The summed E-state index contributed by atoms with van der Waals surface area (Å²) in [5.74, 6) is 0.650. The van der Waals surface area contributed by atoms with Gasteiger partial charge in [0.2, 0.25) is 0 Å². The number of carbonyl (C=O) groups is 1. The minimum atomic E-state index is -0.532. The van der Waals surface area contributed by atoms with E-state index in [2.05, 4.69) is 5.32 Å². The van der Waals surface area contributed by atoms with Crippen LogP contribution in [0, 0.1) is 5.92 Å². The highest BCUT2D eigenvalue weighted by atomic mass is 16.5. The molecule has 18 heavy (non-hydrogen) atoms. The molecule has 0 aromatic heterocycles. The van der Waals surface area contributed by atoms with Crippen molar-refractivity contribution in [3.63, 3.8) is 0 Å². The molecule has 2 rings (SSSR count). The van der Waals surface area contributed by atoms with Gasteiger partial charge in [-0.1, -0.05) is 0 Å². The van der Waals surface area contributed by atoms with Crippen molar-refractivity contribution in [3.8, 4) is 0 Å². The summed E-state index contributed by atoms with van der Waals surface area (Å²) in [6.45, 7) is 7.29. The van der Waals surface area contributed by atoms with E-state index in [1.165, 1.54) is 12.8 Å². The first-order chi connectivity index (χ1) is 8.55. The van der Waals surface area contributed by atoms with Crippen LogP contribution in [0.2, 0.25) is 0 Å². The zero-order valence-corrected chi connectivity index (χ0v) is 11.7. The lowest BCUT2D eigenvalue weighted by Crippen LogP contribution is -2.59. The summed E-state index contributed by atoms with van der Waals surface area (Å²) in [7, 11) is 0. The molecule has 0 radical (unpaired) electrons. The molecule has 1 N–H and O–H groups in total. The SMILES string of the molecule is CCOC(=O)C1(NCC2CC2)CC(C)OC(C)C1. The number of rotatable bonds is 5. The summed E-state index contributed by atoms with van der Waals surface area (Å²) in [5.41, 5.74) is -0.532. The largest absolute Gasteiger partial charge is 0.465 e. The van der Waals surface area contributed by atoms with Gasteiger partial charge in [0.1, 0.15) is 5.54 Å². The number of nitrogens with one attached hydrogen (secondary N) is 1. The van der Waals surface area contributed by atoms with Crippen molar-refractivity contribution in [2.24, 2.45) is 5.92 Å². The molecule has 2 aliphatic rings. The van der Waals surface area contributed by atoms with Crippen molar-refractivity contribution < 1.29 is 14.3 Å². The minimum Gasteiger partial charge on any atom is -0.465 e. The van der Waals surface area contributed by atoms with Crippen molar-refractivity contribution in [1.29, 1.82) is 0 Å². The molecule has 0 aromatic carbocycles. The smallest absolute Gasteiger partial charge is 0.326 e. The number of hydrogen-bond acceptors (Lipinski definition) is 4. The van der Waals surface area contributed by atoms with Crippen molar-refractivity contribution in [2.75, 3.05) is 13.2 Å². The lowest BCUT2D eigenvalue weighted by molar-refractivity contribution is -0.162. The van der Waals surface area contributed by atoms with Crippen LogP contribution in [0.15, 0.2) is 0 Å². The maximum atomic E-state index is 12.3. The number of ether oxygens (including phenoxy) is 2. The molecule has 2 fully saturated rings. The highest BCUT2D eigenvalue weighted by molar-refractivity contribution is 5.81. The Morgan fingerprint density at radius 2 is 1.94 bits per heavy atom. The lowest BCUT2D eigenvalue weighted by atomic mass is 9.84. The first kappa shape index (κ1) is 13.8. The predicted molar refractivity (Wildman–Crippen MR) is 69.3 cm³/mol. The highest BCUT2D eigenvalue weighted by Gasteiger charge is 2.46. The molecular formula is C14H25NO3. The Morgan fingerprint density at radius 1 is 1.33 bits per heavy atom. The maximum Gasteiger partial charge on any atom is 0.326 e. The Bertz CT molecular complexity index is 291. The second-order valence-electron chi connectivity index (χ2n) is 5.79. The van der Waals surface area contributed by atoms with E-state index < -0.39 is 5.54 Å². The van der Waals surface area contributed by atoms with Crippen LogP contribution in [0.5, 0.6) is 0 Å². The van der Waals surface area contributed by atoms with Gasteiger partial charge < -0.3 is 14.8 Å². The summed E-state index contributed by atoms with van der Waals surface area (Å²) >= 11 is 0. The normalized spacial score (nSPS) is 36.4. The first-order valence-corrected chi connectivity index (χ1v) is 7.13. The van der Waals surface area contributed by atoms with Gasteiger partial charge in [0, 0.05) is 12.8 Å². The van der Waals surface area contributed by atoms with Gasteiger partial charge in [-0.25, -0.2) is 0 Å². The van der Waals surface area contributed by atoms with Crippen molar-refractivity contribution in [1.82, 2.24) is 5.32 Å². The predicted octanol–water partition coefficient (Wildman–Crippen LogP) is 1.88. The highest BCUT2D eigenvalue weighted by Crippen LogP contribution is 2.33. The summed E-state index contributed by atoms with van der Waals surface area (Å²) in [4.78, 5) is 12.3. The van der Waals surface area contributed by atoms with E-state index in [0.717, 1.165) is 12.5 Å². The molecule has 0 bridgehead atoms. The molecule has 104 valence electrons. The average molecular weight is 255 g/mol. The Balaban J connectivity index is 2.06. The number of esters is 1. The van der Waals surface area contributed by atoms with Crippen LogP contribution in [-0.2, 0) is 14.3 Å². The summed E-state index contributed by atoms with van der Waals surface area (Å²) < 4.78 is 11.0. The van der Waals surface area contributed by atoms with Gasteiger partial charge in [-0.05, 0) is 46.1 Å². The Morgan fingerprint density at radius 3 is 2.44 bits per heavy atom. The summed E-state index contributed by atoms with van der Waals surface area (Å²) in [6.07, 6.45) is 4.20. The van der Waals surface area contributed by atoms with Gasteiger partial charge in [-0.3, -0.25) is 4.79 Å². The maximum absolute atomic E-state index is 12.3. The van der Waals surface area contributed by atoms with Gasteiger partial charge in [0.15, 0.2) is 0 Å². The van der Waals surface area contributed by atoms with Gasteiger partial charge >= 0.3 is 5.97 Å². The molecule has 1 aliphatic carbocycles. The van der Waals surface area contributed by atoms with E-state index >= 15 is 0 Å². The molecule has 0 amide bonds. The first-order valence-electron chi connectivity index (χ1n) is 7.13. The topological polar surface area (TPSA) is 47.6 Å². The number of carbonyl (C=O) groups excluding carboxylic acids is 1. The quantitative estimate of drug-likeness (QED) is 0.762. The molecule has 1 aliphatic heterocycles. The average Bonchev–Trinajstić information content (AvgIpc) is 3.09. The zero-order valence-electron chi connectivity index (χ0n) is 11.7. The Hall–Kier alpha value is -0.610. The second kappa shape index (κ2) is 5.57. The van der Waals surface area contributed by atoms with E-state index in [4.69, 9.17) is 9.47 Å². The van der Waals surface area contributed by atoms with Crippen LogP contribution in [0.1, 0.15) is 46.5 Å². The van der Waals surface area contributed by atoms with E-state index in [0.29, 0.717) is 19.4 Å². The molecule has 1 heterocycles. The summed E-state index contributed by atoms with van der Waals surface area (Å²) in [6, 6.07) is 0. The van der Waals surface area contributed by atoms with Gasteiger partial charge in [-0.2, -0.15) is 0 Å². The van der Waals surface area contributed by atoms with Crippen LogP contribution < -0.4 is 5.32 Å². The van der Waals surface area contributed by atoms with E-state index in [1.807, 2.05) is 20.8 Å². The third-order valence-corrected chi connectivity index (χ3v) is 3.83. The van der Waals surface area contributed by atoms with Crippen molar-refractivity contribution >= 4 is 5.97 Å². The molecule has 2 atom stereocenters. The zero-order chi connectivity index (χ0) is 13.2. The van der Waals surface area contributed by atoms with E-state index in [-0.39, 0.29) is 18.2 Å². The number of hydrogen-bond donors (Lipinski definition) is 1. The molecule has 0 aromatic rings. The minimum absolute atomic E-state index is 0.102. The Labute approximate surface area is 109 Å². The molecule has 4 nitrogen and oxygen atoms in total. The fourth-order valence-corrected chi connectivity index (χ4v) is 2.87. The molecular weight excluding hydrogens is 230 g/mol. The van der Waals surface area contributed by atoms with Crippen LogP contribution in [0.3, 0.4) is 0 Å². The molecule has 1 saturated heterocycles. The third-order valence-electron chi connectivity index (χ3n) is 3.83. The van der Waals surface area contributed by atoms with E-state index in [1.54, 1.807) is 0 Å². The summed E-state index contributed by atoms with van der Waals surface area (Å²) in [5, 5.41) is 3.49. The van der Waals surface area contributed by atoms with Gasteiger partial charge in [0.25, 0.3) is 0 Å². The van der Waals surface area contributed by atoms with Crippen molar-refractivity contribution in [2.45, 2.75) is 64.2 Å². The monoisotopic (exact) mass is 255 g/mol. The third kappa shape index (κ3) is 3.23. The standard InChI is InChI=1S/C14H25NO3/c1-4-17-13(16)14(15-9-12-5-6-12)7-10(2)18-11(3)8-14/h10-12,15H,4-9H2,1-3H3. The van der Waals surface area contributed by atoms with Crippen molar-refractivity contribution in [3.05, 3.63) is 0 Å². The fourth-order valence-electron chi connectivity index (χ4n) is 2.87. The van der Waals surface area contributed by atoms with Crippen LogP contribution in [-0.4, -0.2) is 36.9 Å².